The number of aliphatic hydroxyl groups excluding tert-OH is 6. The van der Waals surface area contributed by atoms with Crippen LogP contribution in [0.15, 0.2) is 23.0 Å². The van der Waals surface area contributed by atoms with Crippen LogP contribution in [0.3, 0.4) is 0 Å². The van der Waals surface area contributed by atoms with Crippen LogP contribution in [0.4, 0.5) is 0 Å². The molecule has 6 aliphatic rings. The Labute approximate surface area is 287 Å². The predicted octanol–water partition coefficient (Wildman–Crippen LogP) is -1.59. The molecule has 0 aromatic rings. The summed E-state index contributed by atoms with van der Waals surface area (Å²) in [6.07, 6.45) is -13.7. The molecule has 2 saturated carbocycles. The minimum atomic E-state index is -2.33. The van der Waals surface area contributed by atoms with Crippen molar-refractivity contribution >= 4 is 23.7 Å². The number of hydrogen-bond donors (Lipinski definition) is 6. The van der Waals surface area contributed by atoms with E-state index in [0.717, 1.165) is 7.11 Å². The highest BCUT2D eigenvalue weighted by Gasteiger charge is 2.85. The van der Waals surface area contributed by atoms with Gasteiger partial charge in [0, 0.05) is 23.8 Å². The fourth-order valence-electron chi connectivity index (χ4n) is 9.80. The first kappa shape index (κ1) is 36.8. The summed E-state index contributed by atoms with van der Waals surface area (Å²) >= 11 is 0. The van der Waals surface area contributed by atoms with Crippen molar-refractivity contribution < 1.29 is 78.2 Å². The van der Waals surface area contributed by atoms with Gasteiger partial charge in [-0.25, -0.2) is 14.4 Å². The summed E-state index contributed by atoms with van der Waals surface area (Å²) in [6.45, 7) is 7.74. The van der Waals surface area contributed by atoms with Gasteiger partial charge in [-0.15, -0.1) is 0 Å². The number of hydrogen-bond acceptors (Lipinski definition) is 16. The third kappa shape index (κ3) is 4.94. The Morgan fingerprint density at radius 2 is 1.72 bits per heavy atom. The van der Waals surface area contributed by atoms with Crippen molar-refractivity contribution in [1.29, 1.82) is 0 Å². The number of rotatable bonds is 7. The van der Waals surface area contributed by atoms with Gasteiger partial charge in [-0.05, 0) is 43.1 Å². The predicted molar refractivity (Wildman–Crippen MR) is 164 cm³/mol. The Balaban J connectivity index is 1.44. The first-order valence-electron chi connectivity index (χ1n) is 16.8. The zero-order valence-corrected chi connectivity index (χ0v) is 28.7. The number of Topliss-reactive ketones (excluding diaryl/α,β-unsaturated/α-hetero) is 1. The van der Waals surface area contributed by atoms with Gasteiger partial charge < -0.3 is 59.1 Å². The molecule has 15 atom stereocenters. The molecule has 1 spiro atoms. The van der Waals surface area contributed by atoms with E-state index >= 15 is 0 Å². The summed E-state index contributed by atoms with van der Waals surface area (Å²) in [5, 5.41) is 64.6. The second-order valence-corrected chi connectivity index (χ2v) is 15.1. The van der Waals surface area contributed by atoms with Gasteiger partial charge in [0.1, 0.15) is 36.6 Å². The SMILES string of the molecule is COC(=O)[C@@]12OC[C@]34C([C@@H](O)C1O)[C@@]1(C)CC(=O)C(O[C@@H]5O[C@H](CO)[C@@H](O)[C@H](O)[C@H]5O)=C(C)C1C[C@H]3OC(=O)[C@H](OC(=O)/C=C(\C)C(C)C)[C@H]42. The average molecular weight is 711 g/mol. The molecule has 6 N–H and O–H groups in total. The van der Waals surface area contributed by atoms with E-state index in [-0.39, 0.29) is 31.1 Å². The van der Waals surface area contributed by atoms with E-state index in [1.54, 1.807) is 20.8 Å². The molecule has 5 fully saturated rings. The average Bonchev–Trinajstić information content (AvgIpc) is 3.37. The van der Waals surface area contributed by atoms with Crippen LogP contribution in [0.25, 0.3) is 0 Å². The minimum Gasteiger partial charge on any atom is -0.467 e. The number of ether oxygens (including phenoxy) is 6. The van der Waals surface area contributed by atoms with Crippen molar-refractivity contribution in [2.75, 3.05) is 20.3 Å². The van der Waals surface area contributed by atoms with Crippen LogP contribution in [0, 0.1) is 34.5 Å². The second kappa shape index (κ2) is 12.6. The molecule has 0 aromatic carbocycles. The van der Waals surface area contributed by atoms with Crippen LogP contribution in [0.2, 0.25) is 0 Å². The van der Waals surface area contributed by atoms with Gasteiger partial charge in [0.2, 0.25) is 18.0 Å². The van der Waals surface area contributed by atoms with Gasteiger partial charge in [0.25, 0.3) is 0 Å². The van der Waals surface area contributed by atoms with Crippen LogP contribution >= 0.6 is 0 Å². The molecule has 50 heavy (non-hydrogen) atoms. The number of carbonyl (C=O) groups excluding carboxylic acids is 4. The van der Waals surface area contributed by atoms with E-state index in [4.69, 9.17) is 28.4 Å². The number of methoxy groups -OCH3 is 1. The molecule has 2 bridgehead atoms. The maximum Gasteiger partial charge on any atom is 0.348 e. The summed E-state index contributed by atoms with van der Waals surface area (Å²) < 4.78 is 34.3. The maximum atomic E-state index is 14.0. The van der Waals surface area contributed by atoms with Crippen LogP contribution in [-0.2, 0) is 47.6 Å². The molecule has 278 valence electrons. The minimum absolute atomic E-state index is 0.0225. The van der Waals surface area contributed by atoms with E-state index in [9.17, 15) is 49.8 Å². The lowest BCUT2D eigenvalue weighted by atomic mass is 9.38. The highest BCUT2D eigenvalue weighted by atomic mass is 16.7. The van der Waals surface area contributed by atoms with Crippen molar-refractivity contribution in [3.8, 4) is 0 Å². The fraction of sp³-hybridized carbons (Fsp3) is 0.765. The Bertz CT molecular complexity index is 1500. The van der Waals surface area contributed by atoms with Gasteiger partial charge in [-0.2, -0.15) is 0 Å². The second-order valence-electron chi connectivity index (χ2n) is 15.1. The lowest BCUT2D eigenvalue weighted by molar-refractivity contribution is -0.296. The maximum absolute atomic E-state index is 14.0. The van der Waals surface area contributed by atoms with E-state index in [1.807, 2.05) is 13.8 Å². The van der Waals surface area contributed by atoms with E-state index in [0.29, 0.717) is 11.1 Å². The Morgan fingerprint density at radius 1 is 1.04 bits per heavy atom. The smallest absolute Gasteiger partial charge is 0.348 e. The summed E-state index contributed by atoms with van der Waals surface area (Å²) in [5.41, 5.74) is -3.97. The number of aliphatic hydroxyl groups is 6. The molecular formula is C34H46O16. The molecular weight excluding hydrogens is 664 g/mol. The molecule has 6 rings (SSSR count). The normalized spacial score (nSPS) is 46.9. The number of fused-ring (bicyclic) bond motifs is 2. The summed E-state index contributed by atoms with van der Waals surface area (Å²) in [7, 11) is 1.06. The first-order chi connectivity index (χ1) is 23.4. The molecule has 3 saturated heterocycles. The monoisotopic (exact) mass is 710 g/mol. The molecule has 0 aromatic heterocycles. The van der Waals surface area contributed by atoms with Crippen LogP contribution in [0.5, 0.6) is 0 Å². The largest absolute Gasteiger partial charge is 0.467 e. The van der Waals surface area contributed by atoms with Crippen molar-refractivity contribution in [2.24, 2.45) is 34.5 Å². The zero-order chi connectivity index (χ0) is 36.8. The molecule has 0 radical (unpaired) electrons. The summed E-state index contributed by atoms with van der Waals surface area (Å²) in [5.74, 6) is -6.90. The zero-order valence-electron chi connectivity index (χ0n) is 28.7. The van der Waals surface area contributed by atoms with E-state index in [1.165, 1.54) is 6.08 Å². The van der Waals surface area contributed by atoms with Crippen molar-refractivity contribution in [1.82, 2.24) is 0 Å². The Morgan fingerprint density at radius 3 is 2.34 bits per heavy atom. The molecule has 0 amide bonds. The Kier molecular flexibility index (Phi) is 9.29. The fourth-order valence-corrected chi connectivity index (χ4v) is 9.80. The third-order valence-electron chi connectivity index (χ3n) is 12.4. The van der Waals surface area contributed by atoms with Gasteiger partial charge >= 0.3 is 17.9 Å². The highest BCUT2D eigenvalue weighted by Crippen LogP contribution is 2.73. The lowest BCUT2D eigenvalue weighted by Crippen LogP contribution is -2.79. The van der Waals surface area contributed by atoms with Gasteiger partial charge in [0.15, 0.2) is 11.5 Å². The van der Waals surface area contributed by atoms with Gasteiger partial charge in [0.05, 0.1) is 32.3 Å². The van der Waals surface area contributed by atoms with E-state index in [2.05, 4.69) is 0 Å². The van der Waals surface area contributed by atoms with Crippen molar-refractivity contribution in [3.63, 3.8) is 0 Å². The van der Waals surface area contributed by atoms with Crippen molar-refractivity contribution in [3.05, 3.63) is 23.0 Å². The number of allylic oxidation sites excluding steroid dienone is 3. The highest BCUT2D eigenvalue weighted by molar-refractivity contribution is 5.96. The lowest BCUT2D eigenvalue weighted by Gasteiger charge is -2.67. The Hall–Kier alpha value is -2.96. The standard InChI is InChI=1S/C34H46O16/c1-12(2)13(3)7-19(37)49-25-27-33-11-46-34(27,31(44)45-6)28(42)23(41)26(33)32(5)9-16(36)24(14(4)15(32)8-18(33)48-29(25)43)50-30-22(40)21(39)20(38)17(10-35)47-30/h7,12,15,17-18,20-23,25-28,30,35,38-42H,8-11H2,1-6H3/b13-7+/t15?,17-,18-,20-,21+,22-,23-,25-,26?,27-,28?,30+,32+,33-,34+/m1/s1. The number of esters is 3. The van der Waals surface area contributed by atoms with Crippen molar-refractivity contribution in [2.45, 2.75) is 108 Å². The van der Waals surface area contributed by atoms with Gasteiger partial charge in [-0.1, -0.05) is 26.3 Å². The molecule has 3 aliphatic carbocycles. The first-order valence-corrected chi connectivity index (χ1v) is 16.8. The molecule has 3 aliphatic heterocycles. The summed E-state index contributed by atoms with van der Waals surface area (Å²) in [4.78, 5) is 54.6. The molecule has 16 heteroatoms. The number of ketones is 1. The molecule has 3 heterocycles. The number of carbonyl (C=O) groups is 4. The van der Waals surface area contributed by atoms with Crippen LogP contribution in [0.1, 0.15) is 47.5 Å². The third-order valence-corrected chi connectivity index (χ3v) is 12.4. The van der Waals surface area contributed by atoms with Crippen LogP contribution in [-0.4, -0.2) is 135 Å². The molecule has 3 unspecified atom stereocenters. The van der Waals surface area contributed by atoms with Crippen LogP contribution < -0.4 is 0 Å². The van der Waals surface area contributed by atoms with Gasteiger partial charge in [-0.3, -0.25) is 4.79 Å². The topological polar surface area (TPSA) is 245 Å². The molecule has 16 nitrogen and oxygen atoms in total. The summed E-state index contributed by atoms with van der Waals surface area (Å²) in [6, 6.07) is 0. The van der Waals surface area contributed by atoms with E-state index < -0.39 is 120 Å². The quantitative estimate of drug-likeness (QED) is 0.0991.